The number of anilines is 2. The largest absolute Gasteiger partial charge is 0.462 e. The molecule has 0 aliphatic carbocycles. The predicted octanol–water partition coefficient (Wildman–Crippen LogP) is 4.39. The minimum atomic E-state index is -0.650. The average molecular weight is 413 g/mol. The van der Waals surface area contributed by atoms with Gasteiger partial charge in [0.05, 0.1) is 17.9 Å². The van der Waals surface area contributed by atoms with Gasteiger partial charge in [-0.2, -0.15) is 0 Å². The Labute approximate surface area is 174 Å². The predicted molar refractivity (Wildman–Crippen MR) is 112 cm³/mol. The molecule has 0 saturated carbocycles. The summed E-state index contributed by atoms with van der Waals surface area (Å²) in [5.41, 5.74) is 2.15. The Balaban J connectivity index is 1.82. The summed E-state index contributed by atoms with van der Waals surface area (Å²) in [6.07, 6.45) is 1.67. The van der Waals surface area contributed by atoms with Crippen LogP contribution in [0.25, 0.3) is 0 Å². The third-order valence-electron chi connectivity index (χ3n) is 4.39. The SMILES string of the molecule is CCCCOC(=O)c1cccc(N2C(=O)C(Cl)=C(Nc3cccc(C)c3)C2=O)c1. The van der Waals surface area contributed by atoms with Gasteiger partial charge in [-0.05, 0) is 49.2 Å². The summed E-state index contributed by atoms with van der Waals surface area (Å²) in [4.78, 5) is 38.7. The molecule has 0 radical (unpaired) electrons. The van der Waals surface area contributed by atoms with Gasteiger partial charge in [-0.15, -0.1) is 0 Å². The molecule has 150 valence electrons. The molecule has 0 spiro atoms. The van der Waals surface area contributed by atoms with Gasteiger partial charge in [0.15, 0.2) is 0 Å². The highest BCUT2D eigenvalue weighted by Crippen LogP contribution is 2.30. The van der Waals surface area contributed by atoms with Gasteiger partial charge in [0.1, 0.15) is 10.7 Å². The number of carbonyl (C=O) groups is 3. The minimum absolute atomic E-state index is 0.00167. The first-order valence-electron chi connectivity index (χ1n) is 9.31. The van der Waals surface area contributed by atoms with E-state index < -0.39 is 17.8 Å². The van der Waals surface area contributed by atoms with Crippen molar-refractivity contribution in [3.63, 3.8) is 0 Å². The highest BCUT2D eigenvalue weighted by Gasteiger charge is 2.39. The van der Waals surface area contributed by atoms with Crippen molar-refractivity contribution in [1.82, 2.24) is 0 Å². The number of benzene rings is 2. The van der Waals surface area contributed by atoms with Crippen molar-refractivity contribution in [2.75, 3.05) is 16.8 Å². The molecule has 2 amide bonds. The quantitative estimate of drug-likeness (QED) is 0.414. The number of nitrogens with one attached hydrogen (secondary N) is 1. The maximum Gasteiger partial charge on any atom is 0.338 e. The maximum atomic E-state index is 12.9. The average Bonchev–Trinajstić information content (AvgIpc) is 2.91. The van der Waals surface area contributed by atoms with Crippen LogP contribution in [-0.4, -0.2) is 24.4 Å². The summed E-state index contributed by atoms with van der Waals surface area (Å²) >= 11 is 6.16. The second kappa shape index (κ2) is 8.92. The molecule has 2 aromatic rings. The molecular formula is C22H21ClN2O4. The van der Waals surface area contributed by atoms with Gasteiger partial charge >= 0.3 is 5.97 Å². The van der Waals surface area contributed by atoms with Crippen molar-refractivity contribution in [2.24, 2.45) is 0 Å². The summed E-state index contributed by atoms with van der Waals surface area (Å²) in [5.74, 6) is -1.74. The van der Waals surface area contributed by atoms with Gasteiger partial charge in [-0.3, -0.25) is 9.59 Å². The molecule has 0 fully saturated rings. The summed E-state index contributed by atoms with van der Waals surface area (Å²) in [6, 6.07) is 13.5. The smallest absolute Gasteiger partial charge is 0.338 e. The van der Waals surface area contributed by atoms with Crippen molar-refractivity contribution in [3.8, 4) is 0 Å². The monoisotopic (exact) mass is 412 g/mol. The van der Waals surface area contributed by atoms with Crippen molar-refractivity contribution in [1.29, 1.82) is 0 Å². The van der Waals surface area contributed by atoms with Gasteiger partial charge in [0.2, 0.25) is 0 Å². The Hall–Kier alpha value is -3.12. The van der Waals surface area contributed by atoms with E-state index in [1.165, 1.54) is 6.07 Å². The number of halogens is 1. The molecule has 29 heavy (non-hydrogen) atoms. The first-order valence-corrected chi connectivity index (χ1v) is 9.69. The molecule has 0 unspecified atom stereocenters. The van der Waals surface area contributed by atoms with Crippen LogP contribution in [0, 0.1) is 6.92 Å². The van der Waals surface area contributed by atoms with E-state index >= 15 is 0 Å². The zero-order chi connectivity index (χ0) is 21.0. The number of rotatable bonds is 7. The molecule has 2 aromatic carbocycles. The standard InChI is InChI=1S/C22H21ClN2O4/c1-3-4-11-29-22(28)15-8-6-10-17(13-15)25-20(26)18(23)19(21(25)27)24-16-9-5-7-14(2)12-16/h5-10,12-13,24H,3-4,11H2,1-2H3. The van der Waals surface area contributed by atoms with E-state index in [2.05, 4.69) is 5.32 Å². The fraction of sp³-hybridized carbons (Fsp3) is 0.227. The molecule has 1 aliphatic heterocycles. The zero-order valence-corrected chi connectivity index (χ0v) is 17.0. The van der Waals surface area contributed by atoms with Crippen LogP contribution in [0.3, 0.4) is 0 Å². The van der Waals surface area contributed by atoms with Crippen molar-refractivity contribution >= 4 is 40.8 Å². The molecule has 3 rings (SSSR count). The Morgan fingerprint density at radius 2 is 1.86 bits per heavy atom. The van der Waals surface area contributed by atoms with Crippen molar-refractivity contribution < 1.29 is 19.1 Å². The number of amides is 2. The maximum absolute atomic E-state index is 12.9. The molecule has 1 aliphatic rings. The van der Waals surface area contributed by atoms with Crippen LogP contribution in [0.5, 0.6) is 0 Å². The van der Waals surface area contributed by atoms with Crippen LogP contribution in [0.2, 0.25) is 0 Å². The Kier molecular flexibility index (Phi) is 6.34. The number of ether oxygens (including phenoxy) is 1. The summed E-state index contributed by atoms with van der Waals surface area (Å²) in [7, 11) is 0. The van der Waals surface area contributed by atoms with E-state index in [9.17, 15) is 14.4 Å². The molecular weight excluding hydrogens is 392 g/mol. The number of unbranched alkanes of at least 4 members (excludes halogenated alkanes) is 1. The van der Waals surface area contributed by atoms with E-state index in [0.717, 1.165) is 23.3 Å². The van der Waals surface area contributed by atoms with E-state index in [-0.39, 0.29) is 22.0 Å². The van der Waals surface area contributed by atoms with Gasteiger partial charge in [-0.1, -0.05) is 43.1 Å². The van der Waals surface area contributed by atoms with Crippen LogP contribution in [0.1, 0.15) is 35.7 Å². The Bertz CT molecular complexity index is 1000. The second-order valence-corrected chi connectivity index (χ2v) is 7.05. The molecule has 0 saturated heterocycles. The highest BCUT2D eigenvalue weighted by molar-refractivity contribution is 6.53. The van der Waals surface area contributed by atoms with E-state index in [1.807, 2.05) is 32.0 Å². The molecule has 1 N–H and O–H groups in total. The third kappa shape index (κ3) is 4.49. The fourth-order valence-electron chi connectivity index (χ4n) is 2.88. The van der Waals surface area contributed by atoms with Gasteiger partial charge < -0.3 is 10.1 Å². The number of esters is 1. The van der Waals surface area contributed by atoms with Gasteiger partial charge in [0.25, 0.3) is 11.8 Å². The molecule has 7 heteroatoms. The van der Waals surface area contributed by atoms with Crippen LogP contribution < -0.4 is 10.2 Å². The summed E-state index contributed by atoms with van der Waals surface area (Å²) in [6.45, 7) is 4.23. The number of carbonyl (C=O) groups excluding carboxylic acids is 3. The second-order valence-electron chi connectivity index (χ2n) is 6.67. The molecule has 6 nitrogen and oxygen atoms in total. The fourth-order valence-corrected chi connectivity index (χ4v) is 3.09. The lowest BCUT2D eigenvalue weighted by molar-refractivity contribution is -0.120. The number of hydrogen-bond donors (Lipinski definition) is 1. The lowest BCUT2D eigenvalue weighted by atomic mass is 10.2. The van der Waals surface area contributed by atoms with Crippen molar-refractivity contribution in [2.45, 2.75) is 26.7 Å². The zero-order valence-electron chi connectivity index (χ0n) is 16.2. The normalized spacial score (nSPS) is 13.8. The Morgan fingerprint density at radius 3 is 2.59 bits per heavy atom. The third-order valence-corrected chi connectivity index (χ3v) is 4.74. The van der Waals surface area contributed by atoms with E-state index in [0.29, 0.717) is 12.3 Å². The number of nitrogens with zero attached hydrogens (tertiary/aromatic N) is 1. The molecule has 0 aromatic heterocycles. The van der Waals surface area contributed by atoms with Crippen LogP contribution in [0.15, 0.2) is 59.3 Å². The highest BCUT2D eigenvalue weighted by atomic mass is 35.5. The summed E-state index contributed by atoms with van der Waals surface area (Å²) in [5, 5.41) is 2.73. The Morgan fingerprint density at radius 1 is 1.10 bits per heavy atom. The van der Waals surface area contributed by atoms with E-state index in [1.54, 1.807) is 24.3 Å². The minimum Gasteiger partial charge on any atom is -0.462 e. The molecule has 1 heterocycles. The number of imide groups is 1. The number of hydrogen-bond acceptors (Lipinski definition) is 5. The molecule has 0 atom stereocenters. The van der Waals surface area contributed by atoms with Crippen molar-refractivity contribution in [3.05, 3.63) is 70.4 Å². The topological polar surface area (TPSA) is 75.7 Å². The summed E-state index contributed by atoms with van der Waals surface area (Å²) < 4.78 is 5.20. The van der Waals surface area contributed by atoms with E-state index in [4.69, 9.17) is 16.3 Å². The first-order chi connectivity index (χ1) is 13.9. The van der Waals surface area contributed by atoms with Gasteiger partial charge in [0, 0.05) is 5.69 Å². The molecule has 0 bridgehead atoms. The van der Waals surface area contributed by atoms with Crippen LogP contribution >= 0.6 is 11.6 Å². The first kappa shape index (κ1) is 20.6. The lowest BCUT2D eigenvalue weighted by Gasteiger charge is -2.16. The van der Waals surface area contributed by atoms with Crippen LogP contribution in [0.4, 0.5) is 11.4 Å². The number of aryl methyl sites for hydroxylation is 1. The van der Waals surface area contributed by atoms with Crippen LogP contribution in [-0.2, 0) is 14.3 Å². The van der Waals surface area contributed by atoms with Gasteiger partial charge in [-0.25, -0.2) is 9.69 Å². The lowest BCUT2D eigenvalue weighted by Crippen LogP contribution is -2.32.